The van der Waals surface area contributed by atoms with Gasteiger partial charge in [-0.2, -0.15) is 0 Å². The van der Waals surface area contributed by atoms with E-state index in [2.05, 4.69) is 26.8 Å². The molecule has 0 unspecified atom stereocenters. The molecule has 0 aromatic carbocycles. The molecule has 0 aliphatic heterocycles. The molecule has 0 heterocycles. The van der Waals surface area contributed by atoms with Crippen LogP contribution in [0, 0.1) is 0 Å². The van der Waals surface area contributed by atoms with E-state index < -0.39 is 0 Å². The first-order valence-electron chi connectivity index (χ1n) is 6.22. The molecule has 0 aromatic rings. The van der Waals surface area contributed by atoms with Crippen LogP contribution < -0.4 is 0 Å². The van der Waals surface area contributed by atoms with Gasteiger partial charge in [-0.1, -0.05) is 57.3 Å². The molecular formula is C14H24. The van der Waals surface area contributed by atoms with Crippen LogP contribution in [0.4, 0.5) is 0 Å². The monoisotopic (exact) mass is 192 g/mol. The van der Waals surface area contributed by atoms with Crippen LogP contribution in [-0.4, -0.2) is 0 Å². The Morgan fingerprint density at radius 3 is 2.14 bits per heavy atom. The topological polar surface area (TPSA) is 0 Å². The highest BCUT2D eigenvalue weighted by atomic mass is 14.2. The maximum Gasteiger partial charge on any atom is -0.00994 e. The fourth-order valence-electron chi connectivity index (χ4n) is 2.34. The normalized spacial score (nSPS) is 16.4. The molecule has 0 fully saturated rings. The van der Waals surface area contributed by atoms with Crippen LogP contribution >= 0.6 is 0 Å². The lowest BCUT2D eigenvalue weighted by molar-refractivity contribution is 0.819. The van der Waals surface area contributed by atoms with Gasteiger partial charge in [0.25, 0.3) is 0 Å². The zero-order chi connectivity index (χ0) is 10.4. The highest BCUT2D eigenvalue weighted by Gasteiger charge is 2.13. The molecule has 0 spiro atoms. The second kappa shape index (κ2) is 6.06. The first-order valence-corrected chi connectivity index (χ1v) is 6.22. The van der Waals surface area contributed by atoms with Crippen molar-refractivity contribution >= 4 is 0 Å². The minimum Gasteiger partial charge on any atom is -0.0659 e. The number of rotatable bonds is 6. The van der Waals surface area contributed by atoms with Gasteiger partial charge in [0, 0.05) is 0 Å². The molecule has 0 saturated carbocycles. The maximum absolute atomic E-state index is 2.48. The van der Waals surface area contributed by atoms with Crippen LogP contribution in [0.1, 0.15) is 65.7 Å². The van der Waals surface area contributed by atoms with Crippen LogP contribution in [-0.2, 0) is 0 Å². The van der Waals surface area contributed by atoms with Gasteiger partial charge < -0.3 is 0 Å². The summed E-state index contributed by atoms with van der Waals surface area (Å²) in [5.74, 6) is 0. The van der Waals surface area contributed by atoms with Gasteiger partial charge in [0.2, 0.25) is 0 Å². The van der Waals surface area contributed by atoms with Crippen molar-refractivity contribution in [3.63, 3.8) is 0 Å². The minimum atomic E-state index is 1.29. The van der Waals surface area contributed by atoms with E-state index >= 15 is 0 Å². The van der Waals surface area contributed by atoms with Crippen LogP contribution in [0.15, 0.2) is 22.8 Å². The number of allylic oxidation sites excluding steroid dienone is 4. The van der Waals surface area contributed by atoms with E-state index in [-0.39, 0.29) is 0 Å². The Morgan fingerprint density at radius 2 is 1.57 bits per heavy atom. The Hall–Kier alpha value is -0.520. The molecule has 0 heteroatoms. The Balaban J connectivity index is 2.59. The molecule has 14 heavy (non-hydrogen) atoms. The van der Waals surface area contributed by atoms with E-state index in [0.29, 0.717) is 0 Å². The molecular weight excluding hydrogens is 168 g/mol. The molecule has 0 atom stereocenters. The van der Waals surface area contributed by atoms with Crippen molar-refractivity contribution in [1.82, 2.24) is 0 Å². The van der Waals surface area contributed by atoms with Gasteiger partial charge in [-0.05, 0) is 31.3 Å². The summed E-state index contributed by atoms with van der Waals surface area (Å²) in [4.78, 5) is 0. The van der Waals surface area contributed by atoms with Crippen LogP contribution in [0.3, 0.4) is 0 Å². The Kier molecular flexibility index (Phi) is 5.00. The highest BCUT2D eigenvalue weighted by molar-refractivity contribution is 5.39. The Bertz CT molecular complexity index is 230. The summed E-state index contributed by atoms with van der Waals surface area (Å²) in [6.07, 6.45) is 11.6. The average molecular weight is 192 g/mol. The van der Waals surface area contributed by atoms with Crippen molar-refractivity contribution in [2.75, 3.05) is 0 Å². The second-order valence-electron chi connectivity index (χ2n) is 4.36. The highest BCUT2D eigenvalue weighted by Crippen LogP contribution is 2.33. The van der Waals surface area contributed by atoms with Crippen molar-refractivity contribution in [2.24, 2.45) is 0 Å². The van der Waals surface area contributed by atoms with Crippen molar-refractivity contribution in [3.8, 4) is 0 Å². The standard InChI is InChI=1S/C14H24/c1-4-7-12-10-13(8-5-2)14(11-12)9-6-3/h10H,4-9,11H2,1-3H3. The molecule has 80 valence electrons. The quantitative estimate of drug-likeness (QED) is 0.554. The smallest absolute Gasteiger partial charge is 0.00994 e. The summed E-state index contributed by atoms with van der Waals surface area (Å²) < 4.78 is 0. The summed E-state index contributed by atoms with van der Waals surface area (Å²) in [6.45, 7) is 6.84. The van der Waals surface area contributed by atoms with Crippen LogP contribution in [0.2, 0.25) is 0 Å². The lowest BCUT2D eigenvalue weighted by Gasteiger charge is -2.04. The van der Waals surface area contributed by atoms with Gasteiger partial charge in [0.1, 0.15) is 0 Å². The SMILES string of the molecule is CCCC1=CC(CCC)=C(CCC)C1. The van der Waals surface area contributed by atoms with Gasteiger partial charge >= 0.3 is 0 Å². The molecule has 0 N–H and O–H groups in total. The van der Waals surface area contributed by atoms with Crippen molar-refractivity contribution in [3.05, 3.63) is 22.8 Å². The first kappa shape index (κ1) is 11.6. The van der Waals surface area contributed by atoms with Crippen molar-refractivity contribution in [1.29, 1.82) is 0 Å². The average Bonchev–Trinajstić information content (AvgIpc) is 2.50. The van der Waals surface area contributed by atoms with Crippen molar-refractivity contribution in [2.45, 2.75) is 65.7 Å². The van der Waals surface area contributed by atoms with E-state index in [1.165, 1.54) is 44.9 Å². The Morgan fingerprint density at radius 1 is 0.929 bits per heavy atom. The van der Waals surface area contributed by atoms with Gasteiger partial charge in [0.05, 0.1) is 0 Å². The molecule has 0 aromatic heterocycles. The summed E-state index contributed by atoms with van der Waals surface area (Å²) >= 11 is 0. The van der Waals surface area contributed by atoms with Gasteiger partial charge in [-0.15, -0.1) is 0 Å². The zero-order valence-electron chi connectivity index (χ0n) is 10.0. The third-order valence-electron chi connectivity index (χ3n) is 2.92. The number of hydrogen-bond acceptors (Lipinski definition) is 0. The van der Waals surface area contributed by atoms with Crippen LogP contribution in [0.5, 0.6) is 0 Å². The third kappa shape index (κ3) is 3.01. The zero-order valence-corrected chi connectivity index (χ0v) is 10.0. The van der Waals surface area contributed by atoms with E-state index in [1.807, 2.05) is 0 Å². The van der Waals surface area contributed by atoms with Gasteiger partial charge in [-0.3, -0.25) is 0 Å². The first-order chi connectivity index (χ1) is 6.81. The summed E-state index contributed by atoms with van der Waals surface area (Å²) in [5, 5.41) is 0. The summed E-state index contributed by atoms with van der Waals surface area (Å²) in [7, 11) is 0. The maximum atomic E-state index is 2.48. The number of hydrogen-bond donors (Lipinski definition) is 0. The molecule has 0 radical (unpaired) electrons. The predicted octanol–water partition coefficient (Wildman–Crippen LogP) is 5.01. The second-order valence-corrected chi connectivity index (χ2v) is 4.36. The summed E-state index contributed by atoms with van der Waals surface area (Å²) in [6, 6.07) is 0. The fraction of sp³-hybridized carbons (Fsp3) is 0.714. The van der Waals surface area contributed by atoms with Gasteiger partial charge in [0.15, 0.2) is 0 Å². The van der Waals surface area contributed by atoms with Gasteiger partial charge in [-0.25, -0.2) is 0 Å². The molecule has 0 amide bonds. The van der Waals surface area contributed by atoms with E-state index in [4.69, 9.17) is 0 Å². The molecule has 1 rings (SSSR count). The predicted molar refractivity (Wildman–Crippen MR) is 64.5 cm³/mol. The molecule has 1 aliphatic rings. The van der Waals surface area contributed by atoms with Crippen molar-refractivity contribution < 1.29 is 0 Å². The van der Waals surface area contributed by atoms with E-state index in [9.17, 15) is 0 Å². The summed E-state index contributed by atoms with van der Waals surface area (Å²) in [5.41, 5.74) is 5.08. The van der Waals surface area contributed by atoms with E-state index in [0.717, 1.165) is 0 Å². The minimum absolute atomic E-state index is 1.29. The molecule has 0 nitrogen and oxygen atoms in total. The molecule has 1 aliphatic carbocycles. The molecule has 0 bridgehead atoms. The van der Waals surface area contributed by atoms with Crippen LogP contribution in [0.25, 0.3) is 0 Å². The lowest BCUT2D eigenvalue weighted by atomic mass is 10.0. The van der Waals surface area contributed by atoms with E-state index in [1.54, 1.807) is 16.7 Å². The lowest BCUT2D eigenvalue weighted by Crippen LogP contribution is -1.85. The Labute approximate surface area is 89.1 Å². The fourth-order valence-corrected chi connectivity index (χ4v) is 2.34. The third-order valence-corrected chi connectivity index (χ3v) is 2.92. The molecule has 0 saturated heterocycles. The largest absolute Gasteiger partial charge is 0.0659 e.